The lowest BCUT2D eigenvalue weighted by Gasteiger charge is -2.41. The summed E-state index contributed by atoms with van der Waals surface area (Å²) in [7, 11) is -1.92. The van der Waals surface area contributed by atoms with Gasteiger partial charge in [-0.15, -0.1) is 5.70 Å². The molecule has 1 aliphatic rings. The van der Waals surface area contributed by atoms with Crippen molar-refractivity contribution in [2.45, 2.75) is 78.8 Å². The predicted octanol–water partition coefficient (Wildman–Crippen LogP) is 4.60. The van der Waals surface area contributed by atoms with Crippen LogP contribution in [0.5, 0.6) is 0 Å². The van der Waals surface area contributed by atoms with Crippen LogP contribution in [-0.4, -0.2) is 43.5 Å². The van der Waals surface area contributed by atoms with Crippen molar-refractivity contribution in [2.24, 2.45) is 17.8 Å². The van der Waals surface area contributed by atoms with E-state index in [1.807, 2.05) is 0 Å². The minimum atomic E-state index is -1.69. The summed E-state index contributed by atoms with van der Waals surface area (Å²) in [5, 5.41) is 0.288. The number of rotatable bonds is 7. The number of hydrogen-bond donors (Lipinski definition) is 0. The Morgan fingerprint density at radius 3 is 2.04 bits per heavy atom. The lowest BCUT2D eigenvalue weighted by atomic mass is 9.69. The molecular weight excluding hydrogens is 393 g/mol. The minimum Gasteiger partial charge on any atom is -0.417 e. The van der Waals surface area contributed by atoms with Gasteiger partial charge in [-0.05, 0) is 42.0 Å². The molecule has 0 heterocycles. The van der Waals surface area contributed by atoms with Gasteiger partial charge in [0, 0.05) is 41.1 Å². The van der Waals surface area contributed by atoms with Crippen LogP contribution in [0.2, 0.25) is 37.8 Å². The molecule has 1 fully saturated rings. The van der Waals surface area contributed by atoms with Crippen molar-refractivity contribution >= 4 is 36.9 Å². The first-order valence-corrected chi connectivity index (χ1v) is 20.8. The zero-order chi connectivity index (χ0) is 20.8. The standard InChI is InChI=1S/C22H46OSi4/c1-16-11-18(13-24-6)21(20(15-26-8)19(16)14-25-7)17(2)12-23-27(9,10)22(3,4)5/h13-17,21H,11-12,24-26H2,1-10H3/b18-13+,19-14?,20-15+/t16-,17+,21+/m1/s1. The van der Waals surface area contributed by atoms with Crippen LogP contribution >= 0.6 is 0 Å². The Kier molecular flexibility index (Phi) is 9.96. The molecule has 1 saturated carbocycles. The van der Waals surface area contributed by atoms with Crippen molar-refractivity contribution in [2.75, 3.05) is 6.61 Å². The van der Waals surface area contributed by atoms with Gasteiger partial charge in [0.15, 0.2) is 8.32 Å². The lowest BCUT2D eigenvalue weighted by molar-refractivity contribution is 0.211. The summed E-state index contributed by atoms with van der Waals surface area (Å²) < 4.78 is 6.68. The Hall–Kier alpha value is 0.0475. The Morgan fingerprint density at radius 1 is 1.04 bits per heavy atom. The van der Waals surface area contributed by atoms with Gasteiger partial charge in [0.05, 0.1) is 0 Å². The Bertz CT molecular complexity index is 569. The summed E-state index contributed by atoms with van der Waals surface area (Å²) in [5.41, 5.74) is 13.1. The summed E-state index contributed by atoms with van der Waals surface area (Å²) in [4.78, 5) is 0. The quantitative estimate of drug-likeness (QED) is 0.528. The van der Waals surface area contributed by atoms with Crippen LogP contribution in [0.15, 0.2) is 33.8 Å². The summed E-state index contributed by atoms with van der Waals surface area (Å²) >= 11 is 0. The van der Waals surface area contributed by atoms with Gasteiger partial charge in [0.1, 0.15) is 0 Å². The first-order valence-electron chi connectivity index (χ1n) is 11.2. The van der Waals surface area contributed by atoms with Gasteiger partial charge >= 0.3 is 0 Å². The van der Waals surface area contributed by atoms with Crippen molar-refractivity contribution in [3.63, 3.8) is 0 Å². The van der Waals surface area contributed by atoms with Gasteiger partial charge in [0.2, 0.25) is 0 Å². The van der Waals surface area contributed by atoms with Crippen molar-refractivity contribution in [3.8, 4) is 0 Å². The first-order chi connectivity index (χ1) is 12.5. The molecule has 0 aromatic rings. The van der Waals surface area contributed by atoms with E-state index in [4.69, 9.17) is 4.43 Å². The molecule has 0 radical (unpaired) electrons. The lowest BCUT2D eigenvalue weighted by Crippen LogP contribution is -2.42. The van der Waals surface area contributed by atoms with E-state index < -0.39 is 8.32 Å². The molecular formula is C22H46OSi4. The van der Waals surface area contributed by atoms with Crippen molar-refractivity contribution < 1.29 is 4.43 Å². The number of allylic oxidation sites excluding steroid dienone is 3. The normalized spacial score (nSPS) is 28.9. The third kappa shape index (κ3) is 6.52. The van der Waals surface area contributed by atoms with Gasteiger partial charge in [-0.25, -0.2) is 0 Å². The minimum absolute atomic E-state index is 0.0623. The third-order valence-electron chi connectivity index (χ3n) is 6.54. The van der Waals surface area contributed by atoms with Crippen molar-refractivity contribution in [1.82, 2.24) is 0 Å². The maximum atomic E-state index is 6.68. The van der Waals surface area contributed by atoms with Crippen molar-refractivity contribution in [3.05, 3.63) is 33.8 Å². The Morgan fingerprint density at radius 2 is 1.56 bits per heavy atom. The summed E-state index contributed by atoms with van der Waals surface area (Å²) in [6, 6.07) is 0. The maximum absolute atomic E-state index is 6.68. The SMILES string of the molecule is C[SiH2]C=C1/C(=C\[SiH2]C)[C@@H]([C@@H](C)CO[Si](C)(C)C(C)(C)C)/C(=C/[SiH2]C)C[C@H]1C. The second kappa shape index (κ2) is 10.7. The van der Waals surface area contributed by atoms with E-state index in [-0.39, 0.29) is 33.6 Å². The van der Waals surface area contributed by atoms with E-state index in [2.05, 4.69) is 84.5 Å². The first kappa shape index (κ1) is 25.1. The molecule has 0 aromatic heterocycles. The molecule has 1 aliphatic carbocycles. The average molecular weight is 439 g/mol. The zero-order valence-electron chi connectivity index (χ0n) is 19.9. The summed E-state index contributed by atoms with van der Waals surface area (Å²) in [6.07, 6.45) is 1.28. The second-order valence-corrected chi connectivity index (χ2v) is 18.4. The van der Waals surface area contributed by atoms with Crippen LogP contribution in [-0.2, 0) is 4.43 Å². The van der Waals surface area contributed by atoms with E-state index in [0.29, 0.717) is 17.8 Å². The van der Waals surface area contributed by atoms with E-state index in [1.54, 1.807) is 16.7 Å². The highest BCUT2D eigenvalue weighted by molar-refractivity contribution is 6.74. The van der Waals surface area contributed by atoms with Crippen LogP contribution < -0.4 is 0 Å². The molecule has 156 valence electrons. The fraction of sp³-hybridized carbons (Fsp3) is 0.727. The van der Waals surface area contributed by atoms with Crippen LogP contribution in [0, 0.1) is 17.8 Å². The van der Waals surface area contributed by atoms with Crippen LogP contribution in [0.25, 0.3) is 0 Å². The largest absolute Gasteiger partial charge is 0.417 e. The van der Waals surface area contributed by atoms with Crippen LogP contribution in [0.4, 0.5) is 0 Å². The van der Waals surface area contributed by atoms with E-state index in [0.717, 1.165) is 6.61 Å². The highest BCUT2D eigenvalue weighted by Gasteiger charge is 2.39. The number of hydrogen-bond acceptors (Lipinski definition) is 1. The molecule has 0 saturated heterocycles. The zero-order valence-corrected chi connectivity index (χ0v) is 25.2. The molecule has 3 atom stereocenters. The van der Waals surface area contributed by atoms with Crippen LogP contribution in [0.3, 0.4) is 0 Å². The third-order valence-corrected chi connectivity index (χ3v) is 13.7. The summed E-state index contributed by atoms with van der Waals surface area (Å²) in [5.74, 6) is 1.89. The van der Waals surface area contributed by atoms with Gasteiger partial charge in [-0.1, -0.05) is 76.8 Å². The molecule has 27 heavy (non-hydrogen) atoms. The molecule has 0 bridgehead atoms. The summed E-state index contributed by atoms with van der Waals surface area (Å²) in [6.45, 7) is 24.9. The fourth-order valence-corrected chi connectivity index (χ4v) is 8.12. The second-order valence-electron chi connectivity index (χ2n) is 9.95. The fourth-order valence-electron chi connectivity index (χ4n) is 4.05. The molecule has 0 N–H and O–H groups in total. The molecule has 5 heteroatoms. The van der Waals surface area contributed by atoms with E-state index in [1.165, 1.54) is 6.42 Å². The molecule has 1 nitrogen and oxygen atoms in total. The topological polar surface area (TPSA) is 9.23 Å². The predicted molar refractivity (Wildman–Crippen MR) is 137 cm³/mol. The highest BCUT2D eigenvalue weighted by atomic mass is 28.4. The molecule has 0 aliphatic heterocycles. The van der Waals surface area contributed by atoms with Crippen LogP contribution in [0.1, 0.15) is 41.0 Å². The Labute approximate surface area is 178 Å². The van der Waals surface area contributed by atoms with E-state index >= 15 is 0 Å². The van der Waals surface area contributed by atoms with Gasteiger partial charge in [0.25, 0.3) is 0 Å². The molecule has 1 rings (SSSR count). The molecule has 0 aromatic carbocycles. The van der Waals surface area contributed by atoms with Gasteiger partial charge < -0.3 is 4.43 Å². The average Bonchev–Trinajstić information content (AvgIpc) is 2.55. The van der Waals surface area contributed by atoms with Gasteiger partial charge in [-0.3, -0.25) is 0 Å². The maximum Gasteiger partial charge on any atom is 0.191 e. The molecule has 0 spiro atoms. The smallest absolute Gasteiger partial charge is 0.191 e. The Balaban J connectivity index is 3.21. The molecule has 0 unspecified atom stereocenters. The van der Waals surface area contributed by atoms with Gasteiger partial charge in [-0.2, -0.15) is 0 Å². The monoisotopic (exact) mass is 438 g/mol. The highest BCUT2D eigenvalue weighted by Crippen LogP contribution is 2.45. The molecule has 0 amide bonds. The van der Waals surface area contributed by atoms with E-state index in [9.17, 15) is 0 Å². The van der Waals surface area contributed by atoms with Crippen molar-refractivity contribution in [1.29, 1.82) is 0 Å².